The first kappa shape index (κ1) is 22.3. The highest BCUT2D eigenvalue weighted by molar-refractivity contribution is 7.89. The largest absolute Gasteiger partial charge is 0.383 e. The molecule has 156 valence electrons. The van der Waals surface area contributed by atoms with Gasteiger partial charge in [0.2, 0.25) is 21.8 Å². The van der Waals surface area contributed by atoms with Gasteiger partial charge in [-0.1, -0.05) is 12.1 Å². The molecule has 8 nitrogen and oxygen atoms in total. The number of rotatable bonds is 8. The molecule has 0 saturated carbocycles. The lowest BCUT2D eigenvalue weighted by Crippen LogP contribution is -2.43. The number of carbonyl (C=O) groups is 2. The van der Waals surface area contributed by atoms with E-state index < -0.39 is 10.0 Å². The molecule has 2 N–H and O–H groups in total. The first-order valence-electron chi connectivity index (χ1n) is 9.20. The van der Waals surface area contributed by atoms with Crippen LogP contribution in [0.5, 0.6) is 0 Å². The van der Waals surface area contributed by atoms with Crippen LogP contribution in [-0.4, -0.2) is 57.5 Å². The molecule has 1 aliphatic heterocycles. The number of ether oxygens (including phenoxy) is 1. The van der Waals surface area contributed by atoms with Crippen LogP contribution >= 0.6 is 0 Å². The maximum absolute atomic E-state index is 12.4. The molecule has 9 heteroatoms. The molecule has 0 bridgehead atoms. The van der Waals surface area contributed by atoms with Crippen LogP contribution in [0.15, 0.2) is 29.2 Å². The third-order valence-corrected chi connectivity index (χ3v) is 6.08. The average Bonchev–Trinajstić information content (AvgIpc) is 3.02. The van der Waals surface area contributed by atoms with Crippen LogP contribution in [0.2, 0.25) is 0 Å². The van der Waals surface area contributed by atoms with E-state index in [2.05, 4.69) is 10.0 Å². The van der Waals surface area contributed by atoms with Gasteiger partial charge in [-0.2, -0.15) is 0 Å². The Morgan fingerprint density at radius 1 is 1.25 bits per heavy atom. The van der Waals surface area contributed by atoms with E-state index in [1.165, 1.54) is 19.2 Å². The van der Waals surface area contributed by atoms with E-state index in [4.69, 9.17) is 4.74 Å². The zero-order chi connectivity index (χ0) is 20.9. The fraction of sp³-hybridized carbons (Fsp3) is 0.579. The van der Waals surface area contributed by atoms with Gasteiger partial charge in [0.15, 0.2) is 0 Å². The van der Waals surface area contributed by atoms with E-state index in [9.17, 15) is 18.0 Å². The quantitative estimate of drug-likeness (QED) is 0.618. The SMILES string of the molecule is COCCNS(=O)(=O)c1ccc(CNC(=O)C2CC(=O)N(C(C)(C)C)C2)cc1. The molecule has 0 spiro atoms. The first-order valence-corrected chi connectivity index (χ1v) is 10.7. The Bertz CT molecular complexity index is 800. The van der Waals surface area contributed by atoms with Crippen molar-refractivity contribution in [3.63, 3.8) is 0 Å². The normalized spacial score (nSPS) is 17.8. The number of nitrogens with one attached hydrogen (secondary N) is 2. The van der Waals surface area contributed by atoms with Gasteiger partial charge in [0.1, 0.15) is 0 Å². The summed E-state index contributed by atoms with van der Waals surface area (Å²) in [6, 6.07) is 6.31. The zero-order valence-corrected chi connectivity index (χ0v) is 17.6. The molecule has 0 radical (unpaired) electrons. The molecule has 0 aliphatic carbocycles. The average molecular weight is 412 g/mol. The fourth-order valence-electron chi connectivity index (χ4n) is 3.01. The van der Waals surface area contributed by atoms with E-state index in [1.54, 1.807) is 17.0 Å². The molecule has 2 amide bonds. The van der Waals surface area contributed by atoms with Gasteiger partial charge in [-0.05, 0) is 38.5 Å². The van der Waals surface area contributed by atoms with Gasteiger partial charge in [-0.3, -0.25) is 9.59 Å². The summed E-state index contributed by atoms with van der Waals surface area (Å²) in [5, 5.41) is 2.83. The molecule has 1 unspecified atom stereocenters. The third kappa shape index (κ3) is 5.76. The Kier molecular flexibility index (Phi) is 7.19. The number of methoxy groups -OCH3 is 1. The number of carbonyl (C=O) groups excluding carboxylic acids is 2. The minimum atomic E-state index is -3.58. The second-order valence-electron chi connectivity index (χ2n) is 7.83. The van der Waals surface area contributed by atoms with Crippen LogP contribution in [0.4, 0.5) is 0 Å². The Morgan fingerprint density at radius 3 is 2.43 bits per heavy atom. The Balaban J connectivity index is 1.90. The molecule has 1 aliphatic rings. The van der Waals surface area contributed by atoms with Crippen molar-refractivity contribution in [3.8, 4) is 0 Å². The van der Waals surface area contributed by atoms with Crippen LogP contribution < -0.4 is 10.0 Å². The molecule has 1 fully saturated rings. The maximum Gasteiger partial charge on any atom is 0.240 e. The summed E-state index contributed by atoms with van der Waals surface area (Å²) >= 11 is 0. The second kappa shape index (κ2) is 9.02. The Hall–Kier alpha value is -1.97. The van der Waals surface area contributed by atoms with Crippen LogP contribution in [-0.2, 0) is 30.9 Å². The lowest BCUT2D eigenvalue weighted by molar-refractivity contribution is -0.132. The van der Waals surface area contributed by atoms with Crippen molar-refractivity contribution in [2.24, 2.45) is 5.92 Å². The van der Waals surface area contributed by atoms with Crippen molar-refractivity contribution in [2.75, 3.05) is 26.8 Å². The van der Waals surface area contributed by atoms with E-state index in [-0.39, 0.29) is 47.7 Å². The number of sulfonamides is 1. The standard InChI is InChI=1S/C19H29N3O5S/c1-19(2,3)22-13-15(11-17(22)23)18(24)20-12-14-5-7-16(8-6-14)28(25,26)21-9-10-27-4/h5-8,15,21H,9-13H2,1-4H3,(H,20,24). The smallest absolute Gasteiger partial charge is 0.240 e. The molecule has 1 aromatic rings. The van der Waals surface area contributed by atoms with Crippen LogP contribution in [0.3, 0.4) is 0 Å². The predicted octanol–water partition coefficient (Wildman–Crippen LogP) is 0.875. The van der Waals surface area contributed by atoms with Gasteiger partial charge in [0.05, 0.1) is 17.4 Å². The van der Waals surface area contributed by atoms with Crippen LogP contribution in [0, 0.1) is 5.92 Å². The molecule has 0 aromatic heterocycles. The van der Waals surface area contributed by atoms with E-state index in [0.717, 1.165) is 5.56 Å². The summed E-state index contributed by atoms with van der Waals surface area (Å²) in [5.74, 6) is -0.544. The number of nitrogens with zero attached hydrogens (tertiary/aromatic N) is 1. The topological polar surface area (TPSA) is 105 Å². The number of hydrogen-bond acceptors (Lipinski definition) is 5. The van der Waals surface area contributed by atoms with Crippen molar-refractivity contribution in [2.45, 2.75) is 44.2 Å². The van der Waals surface area contributed by atoms with Gasteiger partial charge in [0.25, 0.3) is 0 Å². The highest BCUT2D eigenvalue weighted by Gasteiger charge is 2.39. The van der Waals surface area contributed by atoms with Crippen molar-refractivity contribution in [3.05, 3.63) is 29.8 Å². The van der Waals surface area contributed by atoms with Crippen LogP contribution in [0.1, 0.15) is 32.8 Å². The zero-order valence-electron chi connectivity index (χ0n) is 16.8. The Labute approximate surface area is 166 Å². The van der Waals surface area contributed by atoms with Crippen molar-refractivity contribution < 1.29 is 22.7 Å². The molecular weight excluding hydrogens is 382 g/mol. The van der Waals surface area contributed by atoms with Gasteiger partial charge < -0.3 is 15.0 Å². The van der Waals surface area contributed by atoms with Crippen molar-refractivity contribution in [1.82, 2.24) is 14.9 Å². The van der Waals surface area contributed by atoms with Crippen molar-refractivity contribution >= 4 is 21.8 Å². The number of amides is 2. The van der Waals surface area contributed by atoms with Crippen molar-refractivity contribution in [1.29, 1.82) is 0 Å². The molecule has 1 saturated heterocycles. The number of hydrogen-bond donors (Lipinski definition) is 2. The monoisotopic (exact) mass is 411 g/mol. The lowest BCUT2D eigenvalue weighted by Gasteiger charge is -2.31. The minimum Gasteiger partial charge on any atom is -0.383 e. The lowest BCUT2D eigenvalue weighted by atomic mass is 10.1. The number of benzene rings is 1. The molecule has 1 heterocycles. The maximum atomic E-state index is 12.4. The summed E-state index contributed by atoms with van der Waals surface area (Å²) in [6.07, 6.45) is 0.216. The second-order valence-corrected chi connectivity index (χ2v) is 9.60. The molecule has 1 atom stereocenters. The first-order chi connectivity index (χ1) is 13.0. The summed E-state index contributed by atoms with van der Waals surface area (Å²) in [5.41, 5.74) is 0.478. The third-order valence-electron chi connectivity index (χ3n) is 4.60. The van der Waals surface area contributed by atoms with E-state index >= 15 is 0 Å². The summed E-state index contributed by atoms with van der Waals surface area (Å²) < 4.78 is 31.5. The highest BCUT2D eigenvalue weighted by Crippen LogP contribution is 2.25. The highest BCUT2D eigenvalue weighted by atomic mass is 32.2. The minimum absolute atomic E-state index is 0.0109. The Morgan fingerprint density at radius 2 is 1.89 bits per heavy atom. The molecular formula is C19H29N3O5S. The van der Waals surface area contributed by atoms with Gasteiger partial charge in [0, 0.05) is 38.7 Å². The number of likely N-dealkylation sites (tertiary alicyclic amines) is 1. The molecule has 1 aromatic carbocycles. The fourth-order valence-corrected chi connectivity index (χ4v) is 4.03. The van der Waals surface area contributed by atoms with E-state index in [1.807, 2.05) is 20.8 Å². The van der Waals surface area contributed by atoms with Gasteiger partial charge >= 0.3 is 0 Å². The van der Waals surface area contributed by atoms with Gasteiger partial charge in [-0.25, -0.2) is 13.1 Å². The predicted molar refractivity (Wildman–Crippen MR) is 105 cm³/mol. The summed E-state index contributed by atoms with van der Waals surface area (Å²) in [4.78, 5) is 26.4. The van der Waals surface area contributed by atoms with E-state index in [0.29, 0.717) is 13.2 Å². The summed E-state index contributed by atoms with van der Waals surface area (Å²) in [7, 11) is -2.08. The molecule has 28 heavy (non-hydrogen) atoms. The van der Waals surface area contributed by atoms with Gasteiger partial charge in [-0.15, -0.1) is 0 Å². The molecule has 2 rings (SSSR count). The van der Waals surface area contributed by atoms with Crippen LogP contribution in [0.25, 0.3) is 0 Å². The summed E-state index contributed by atoms with van der Waals surface area (Å²) in [6.45, 7) is 7.03.